The van der Waals surface area contributed by atoms with E-state index in [0.717, 1.165) is 32.4 Å². The van der Waals surface area contributed by atoms with Gasteiger partial charge in [0.25, 0.3) is 0 Å². The van der Waals surface area contributed by atoms with Gasteiger partial charge in [-0.25, -0.2) is 0 Å². The smallest absolute Gasteiger partial charge is 0.106 e. The maximum absolute atomic E-state index is 9.23. The molecule has 0 rings (SSSR count). The fraction of sp³-hybridized carbons (Fsp3) is 0.933. The molecule has 0 aliphatic carbocycles. The summed E-state index contributed by atoms with van der Waals surface area (Å²) in [6, 6.07) is 2.36. The Hall–Kier alpha value is -0.590. The molecule has 0 aromatic carbocycles. The third kappa shape index (κ3) is 8.49. The van der Waals surface area contributed by atoms with Crippen LogP contribution in [-0.4, -0.2) is 24.8 Å². The zero-order valence-electron chi connectivity index (χ0n) is 12.6. The summed E-state index contributed by atoms with van der Waals surface area (Å²) >= 11 is 0. The van der Waals surface area contributed by atoms with E-state index in [0.29, 0.717) is 0 Å². The second-order valence-corrected chi connectivity index (χ2v) is 5.32. The molecule has 0 radical (unpaired) electrons. The Bertz CT molecular complexity index is 237. The fourth-order valence-electron chi connectivity index (χ4n) is 2.01. The third-order valence-electron chi connectivity index (χ3n) is 3.11. The van der Waals surface area contributed by atoms with Crippen LogP contribution in [0, 0.1) is 11.3 Å². The Labute approximate surface area is 113 Å². The van der Waals surface area contributed by atoms with Gasteiger partial charge in [0.05, 0.1) is 12.2 Å². The lowest BCUT2D eigenvalue weighted by Gasteiger charge is -2.26. The van der Waals surface area contributed by atoms with Gasteiger partial charge in [0.2, 0.25) is 0 Å². The van der Waals surface area contributed by atoms with Crippen LogP contribution < -0.4 is 5.32 Å². The van der Waals surface area contributed by atoms with Crippen LogP contribution in [0.25, 0.3) is 0 Å². The van der Waals surface area contributed by atoms with Gasteiger partial charge < -0.3 is 4.74 Å². The molecule has 0 aliphatic heterocycles. The van der Waals surface area contributed by atoms with E-state index in [2.05, 4.69) is 32.2 Å². The van der Waals surface area contributed by atoms with Gasteiger partial charge in [0, 0.05) is 13.0 Å². The van der Waals surface area contributed by atoms with E-state index < -0.39 is 5.54 Å². The van der Waals surface area contributed by atoms with Crippen molar-refractivity contribution in [3.05, 3.63) is 0 Å². The minimum Gasteiger partial charge on any atom is -0.378 e. The number of hydrogen-bond acceptors (Lipinski definition) is 3. The van der Waals surface area contributed by atoms with Gasteiger partial charge in [-0.05, 0) is 33.2 Å². The molecule has 0 bridgehead atoms. The minimum absolute atomic E-state index is 0.139. The Morgan fingerprint density at radius 1 is 1.22 bits per heavy atom. The van der Waals surface area contributed by atoms with E-state index in [-0.39, 0.29) is 6.10 Å². The van der Waals surface area contributed by atoms with Gasteiger partial charge in [-0.1, -0.05) is 33.1 Å². The van der Waals surface area contributed by atoms with E-state index in [1.807, 2.05) is 6.92 Å². The second-order valence-electron chi connectivity index (χ2n) is 5.32. The number of unbranched alkanes of at least 4 members (excludes halogenated alkanes) is 3. The molecule has 3 heteroatoms. The van der Waals surface area contributed by atoms with Gasteiger partial charge in [-0.15, -0.1) is 0 Å². The second kappa shape index (κ2) is 10.3. The topological polar surface area (TPSA) is 45.0 Å². The van der Waals surface area contributed by atoms with Crippen molar-refractivity contribution < 1.29 is 4.74 Å². The highest BCUT2D eigenvalue weighted by molar-refractivity contribution is 5.04. The van der Waals surface area contributed by atoms with Crippen LogP contribution in [0.1, 0.15) is 66.2 Å². The summed E-state index contributed by atoms with van der Waals surface area (Å²) in [7, 11) is 0. The van der Waals surface area contributed by atoms with E-state index in [1.54, 1.807) is 0 Å². The fourth-order valence-corrected chi connectivity index (χ4v) is 2.01. The summed E-state index contributed by atoms with van der Waals surface area (Å²) in [6.07, 6.45) is 6.84. The number of nitrogens with zero attached hydrogens (tertiary/aromatic N) is 1. The molecule has 0 spiro atoms. The molecule has 0 amide bonds. The zero-order valence-corrected chi connectivity index (χ0v) is 12.6. The molecule has 0 aromatic rings. The normalized spacial score (nSPS) is 15.9. The van der Waals surface area contributed by atoms with Crippen LogP contribution in [0.4, 0.5) is 0 Å². The first-order valence-electron chi connectivity index (χ1n) is 7.35. The maximum Gasteiger partial charge on any atom is 0.106 e. The van der Waals surface area contributed by atoms with Crippen molar-refractivity contribution in [1.29, 1.82) is 5.26 Å². The summed E-state index contributed by atoms with van der Waals surface area (Å²) in [5.41, 5.74) is -0.459. The lowest BCUT2D eigenvalue weighted by atomic mass is 9.96. The van der Waals surface area contributed by atoms with Crippen LogP contribution >= 0.6 is 0 Å². The molecule has 0 aromatic heterocycles. The van der Waals surface area contributed by atoms with E-state index in [4.69, 9.17) is 4.74 Å². The van der Waals surface area contributed by atoms with Crippen LogP contribution in [0.3, 0.4) is 0 Å². The van der Waals surface area contributed by atoms with Gasteiger partial charge in [-0.2, -0.15) is 5.26 Å². The first-order chi connectivity index (χ1) is 8.58. The summed E-state index contributed by atoms with van der Waals surface area (Å²) in [5.74, 6) is 0. The van der Waals surface area contributed by atoms with Crippen LogP contribution in [0.15, 0.2) is 0 Å². The molecular formula is C15H30N2O. The molecule has 0 aliphatic rings. The maximum atomic E-state index is 9.23. The molecule has 3 nitrogen and oxygen atoms in total. The highest BCUT2D eigenvalue weighted by Crippen LogP contribution is 2.14. The zero-order chi connectivity index (χ0) is 13.9. The van der Waals surface area contributed by atoms with Gasteiger partial charge in [0.15, 0.2) is 0 Å². The molecule has 0 saturated carbocycles. The molecule has 1 N–H and O–H groups in total. The average molecular weight is 254 g/mol. The van der Waals surface area contributed by atoms with Gasteiger partial charge >= 0.3 is 0 Å². The van der Waals surface area contributed by atoms with Crippen molar-refractivity contribution >= 4 is 0 Å². The third-order valence-corrected chi connectivity index (χ3v) is 3.11. The van der Waals surface area contributed by atoms with Crippen LogP contribution in [0.5, 0.6) is 0 Å². The average Bonchev–Trinajstić information content (AvgIpc) is 2.36. The van der Waals surface area contributed by atoms with Crippen molar-refractivity contribution in [2.45, 2.75) is 77.9 Å². The summed E-state index contributed by atoms with van der Waals surface area (Å²) in [4.78, 5) is 0. The predicted molar refractivity (Wildman–Crippen MR) is 76.5 cm³/mol. The van der Waals surface area contributed by atoms with Crippen molar-refractivity contribution in [3.8, 4) is 6.07 Å². The summed E-state index contributed by atoms with van der Waals surface area (Å²) in [5, 5.41) is 12.5. The van der Waals surface area contributed by atoms with E-state index >= 15 is 0 Å². The Morgan fingerprint density at radius 3 is 2.50 bits per heavy atom. The molecule has 106 valence electrons. The quantitative estimate of drug-likeness (QED) is 0.572. The first-order valence-corrected chi connectivity index (χ1v) is 7.35. The standard InChI is InChI=1S/C15H30N2O/c1-5-7-8-9-11-18-14(3)12-15(4,13-16)17-10-6-2/h14,17H,5-12H2,1-4H3. The van der Waals surface area contributed by atoms with Crippen molar-refractivity contribution in [2.75, 3.05) is 13.2 Å². The summed E-state index contributed by atoms with van der Waals surface area (Å²) in [6.45, 7) is 10.0. The lowest BCUT2D eigenvalue weighted by molar-refractivity contribution is 0.0452. The SMILES string of the molecule is CCCCCCOC(C)CC(C)(C#N)NCCC. The van der Waals surface area contributed by atoms with Gasteiger partial charge in [-0.3, -0.25) is 5.32 Å². The van der Waals surface area contributed by atoms with Crippen molar-refractivity contribution in [1.82, 2.24) is 5.32 Å². The number of rotatable bonds is 11. The number of nitriles is 1. The van der Waals surface area contributed by atoms with Gasteiger partial charge in [0.1, 0.15) is 5.54 Å². The number of hydrogen-bond donors (Lipinski definition) is 1. The Kier molecular flexibility index (Phi) is 10.0. The highest BCUT2D eigenvalue weighted by Gasteiger charge is 2.25. The van der Waals surface area contributed by atoms with E-state index in [1.165, 1.54) is 19.3 Å². The minimum atomic E-state index is -0.459. The number of ether oxygens (including phenoxy) is 1. The molecule has 0 fully saturated rings. The van der Waals surface area contributed by atoms with Crippen LogP contribution in [-0.2, 0) is 4.74 Å². The van der Waals surface area contributed by atoms with Crippen molar-refractivity contribution in [3.63, 3.8) is 0 Å². The highest BCUT2D eigenvalue weighted by atomic mass is 16.5. The largest absolute Gasteiger partial charge is 0.378 e. The van der Waals surface area contributed by atoms with Crippen LogP contribution in [0.2, 0.25) is 0 Å². The summed E-state index contributed by atoms with van der Waals surface area (Å²) < 4.78 is 5.77. The molecule has 18 heavy (non-hydrogen) atoms. The number of nitrogens with one attached hydrogen (secondary N) is 1. The Morgan fingerprint density at radius 2 is 1.94 bits per heavy atom. The lowest BCUT2D eigenvalue weighted by Crippen LogP contribution is -2.44. The molecular weight excluding hydrogens is 224 g/mol. The molecule has 0 saturated heterocycles. The van der Waals surface area contributed by atoms with E-state index in [9.17, 15) is 5.26 Å². The first kappa shape index (κ1) is 17.4. The monoisotopic (exact) mass is 254 g/mol. The predicted octanol–water partition coefficient (Wildman–Crippen LogP) is 3.64. The molecule has 0 heterocycles. The molecule has 2 unspecified atom stereocenters. The van der Waals surface area contributed by atoms with Crippen molar-refractivity contribution in [2.24, 2.45) is 0 Å². The Balaban J connectivity index is 3.82. The molecule has 2 atom stereocenters.